The fraction of sp³-hybridized carbons (Fsp3) is 0.508. The number of hydrogen-bond donors (Lipinski definition) is 0. The SMILES string of the molecule is C.CCC(c1ccccc1)C1C(=O)N(CCCN(C)C)C(=O)C1CC(c1ccccc1)C1C(=O)OC(=O)C1C.CCC(c1ccccc1)C1C(=O)N(CCC[N+](C)(C)CC)C(=O)C1CC(c1ccccc1)C1C(=O)OC(=O)C1C.[Br-]. The third-order valence-corrected chi connectivity index (χ3v) is 17.4. The summed E-state index contributed by atoms with van der Waals surface area (Å²) in [6, 6.07) is 38.9. The number of benzene rings is 4. The molecule has 12 atom stereocenters. The Morgan fingerprint density at radius 2 is 0.800 bits per heavy atom. The van der Waals surface area contributed by atoms with Gasteiger partial charge in [-0.05, 0) is 106 Å². The first-order valence-corrected chi connectivity index (χ1v) is 28.2. The summed E-state index contributed by atoms with van der Waals surface area (Å²) in [5, 5.41) is 0. The number of rotatable bonds is 23. The number of carbonyl (C=O) groups excluding carboxylic acids is 8. The smallest absolute Gasteiger partial charge is 0.318 e. The Kier molecular flexibility index (Phi) is 23.4. The Morgan fingerprint density at radius 1 is 0.475 bits per heavy atom. The van der Waals surface area contributed by atoms with Crippen LogP contribution in [0.15, 0.2) is 121 Å². The van der Waals surface area contributed by atoms with Gasteiger partial charge in [-0.1, -0.05) is 156 Å². The minimum absolute atomic E-state index is 0. The van der Waals surface area contributed by atoms with Crippen LogP contribution in [0.5, 0.6) is 0 Å². The van der Waals surface area contributed by atoms with Crippen molar-refractivity contribution in [2.24, 2.45) is 47.3 Å². The Hall–Kier alpha value is -6.16. The van der Waals surface area contributed by atoms with E-state index in [-0.39, 0.29) is 59.9 Å². The van der Waals surface area contributed by atoms with E-state index in [0.29, 0.717) is 45.2 Å². The molecular weight excluding hydrogens is 1080 g/mol. The van der Waals surface area contributed by atoms with Crippen LogP contribution in [-0.2, 0) is 47.8 Å². The predicted octanol–water partition coefficient (Wildman–Crippen LogP) is 6.66. The number of likely N-dealkylation sites (tertiary alicyclic amines) is 2. The lowest BCUT2D eigenvalue weighted by Crippen LogP contribution is -3.00. The maximum absolute atomic E-state index is 14.1. The normalized spacial score (nSPS) is 24.4. The molecule has 4 saturated heterocycles. The number of hydrogen-bond acceptors (Lipinski definition) is 11. The third kappa shape index (κ3) is 14.5. The highest BCUT2D eigenvalue weighted by Gasteiger charge is 2.56. The van der Waals surface area contributed by atoms with Crippen molar-refractivity contribution in [1.82, 2.24) is 14.7 Å². The lowest BCUT2D eigenvalue weighted by molar-refractivity contribution is -0.888. The van der Waals surface area contributed by atoms with E-state index in [0.717, 1.165) is 52.8 Å². The van der Waals surface area contributed by atoms with Gasteiger partial charge >= 0.3 is 23.9 Å². The highest BCUT2D eigenvalue weighted by atomic mass is 79.9. The topological polar surface area (TPSA) is 165 Å². The van der Waals surface area contributed by atoms with Crippen molar-refractivity contribution in [3.05, 3.63) is 144 Å². The van der Waals surface area contributed by atoms with Gasteiger partial charge in [0.2, 0.25) is 23.6 Å². The number of imide groups is 2. The molecule has 0 saturated carbocycles. The van der Waals surface area contributed by atoms with Gasteiger partial charge in [0.1, 0.15) is 0 Å². The molecule has 4 amide bonds. The molecule has 0 spiro atoms. The molecule has 14 nitrogen and oxygen atoms in total. The van der Waals surface area contributed by atoms with Gasteiger partial charge in [-0.15, -0.1) is 0 Å². The molecule has 4 fully saturated rings. The fourth-order valence-corrected chi connectivity index (χ4v) is 12.8. The quantitative estimate of drug-likeness (QED) is 0.0338. The van der Waals surface area contributed by atoms with Gasteiger partial charge in [-0.3, -0.25) is 48.2 Å². The molecule has 4 heterocycles. The van der Waals surface area contributed by atoms with Gasteiger partial charge in [-0.2, -0.15) is 0 Å². The first-order chi connectivity index (χ1) is 37.3. The maximum atomic E-state index is 14.1. The van der Waals surface area contributed by atoms with E-state index in [1.807, 2.05) is 147 Å². The lowest BCUT2D eigenvalue weighted by Gasteiger charge is -2.30. The maximum Gasteiger partial charge on any atom is 0.318 e. The summed E-state index contributed by atoms with van der Waals surface area (Å²) in [6.07, 6.45) is 3.41. The zero-order chi connectivity index (χ0) is 56.4. The number of nitrogens with zero attached hydrogens (tertiary/aromatic N) is 4. The van der Waals surface area contributed by atoms with E-state index in [2.05, 4.69) is 27.9 Å². The summed E-state index contributed by atoms with van der Waals surface area (Å²) in [7, 11) is 8.23. The van der Waals surface area contributed by atoms with Gasteiger partial charge < -0.3 is 35.8 Å². The number of amides is 4. The molecule has 0 aromatic heterocycles. The minimum atomic E-state index is -0.702. The molecule has 4 aliphatic rings. The molecule has 4 aromatic rings. The molecule has 8 rings (SSSR count). The highest BCUT2D eigenvalue weighted by Crippen LogP contribution is 2.50. The second-order valence-corrected chi connectivity index (χ2v) is 22.9. The van der Waals surface area contributed by atoms with Gasteiger partial charge in [-0.25, -0.2) is 0 Å². The van der Waals surface area contributed by atoms with Crippen LogP contribution in [0.2, 0.25) is 0 Å². The average Bonchev–Trinajstić information content (AvgIpc) is 4.06. The summed E-state index contributed by atoms with van der Waals surface area (Å²) in [5.41, 5.74) is 3.81. The van der Waals surface area contributed by atoms with Crippen molar-refractivity contribution < 1.29 is 69.3 Å². The first-order valence-electron chi connectivity index (χ1n) is 28.2. The summed E-state index contributed by atoms with van der Waals surface area (Å²) < 4.78 is 10.9. The fourth-order valence-electron chi connectivity index (χ4n) is 12.8. The largest absolute Gasteiger partial charge is 1.00 e. The monoisotopic (exact) mass is 1160 g/mol. The van der Waals surface area contributed by atoms with E-state index in [4.69, 9.17) is 9.47 Å². The number of ether oxygens (including phenoxy) is 2. The zero-order valence-electron chi connectivity index (χ0n) is 47.5. The summed E-state index contributed by atoms with van der Waals surface area (Å²) in [6.45, 7) is 13.0. The molecule has 0 aliphatic carbocycles. The Bertz CT molecular complexity index is 2740. The van der Waals surface area contributed by atoms with E-state index < -0.39 is 83.1 Å². The van der Waals surface area contributed by atoms with Gasteiger partial charge in [0.05, 0.1) is 74.5 Å². The Labute approximate surface area is 485 Å². The molecule has 0 radical (unpaired) electrons. The Morgan fingerprint density at radius 3 is 1.09 bits per heavy atom. The van der Waals surface area contributed by atoms with Crippen LogP contribution in [-0.4, -0.2) is 128 Å². The summed E-state index contributed by atoms with van der Waals surface area (Å²) in [4.78, 5) is 112. The number of quaternary nitrogens is 1. The second-order valence-electron chi connectivity index (χ2n) is 22.9. The summed E-state index contributed by atoms with van der Waals surface area (Å²) in [5.74, 6) is -8.84. The number of esters is 4. The van der Waals surface area contributed by atoms with E-state index in [1.54, 1.807) is 13.8 Å². The molecule has 4 aliphatic heterocycles. The van der Waals surface area contributed by atoms with Crippen molar-refractivity contribution in [3.63, 3.8) is 0 Å². The van der Waals surface area contributed by atoms with Gasteiger partial charge in [0.25, 0.3) is 0 Å². The van der Waals surface area contributed by atoms with E-state index in [1.165, 1.54) is 9.80 Å². The van der Waals surface area contributed by atoms with E-state index in [9.17, 15) is 38.4 Å². The standard InChI is InChI=1S/C33H43N2O5.C31H38N2O5.CH4.BrH/c1-6-25(23-15-10-8-11-16-23)29-27(30(36)34(31(29)37)19-14-20-35(4,5)7-2)21-26(24-17-12-9-13-18-24)28-22(3)32(38)40-33(28)39;1-5-23(21-13-8-6-9-14-21)27-25(28(34)33(29(27)35)18-12-17-32(3)4)19-24(22-15-10-7-11-16-22)26-20(2)30(36)38-31(26)37;;/h8-13,15-18,22,25-29H,6-7,14,19-21H2,1-5H3;6-11,13-16,20,23-27H,5,12,17-19H2,1-4H3;1H4;1H/q+1;;;/p-1. The summed E-state index contributed by atoms with van der Waals surface area (Å²) >= 11 is 0. The highest BCUT2D eigenvalue weighted by molar-refractivity contribution is 6.06. The van der Waals surface area contributed by atoms with E-state index >= 15 is 0 Å². The molecule has 4 aromatic carbocycles. The van der Waals surface area contributed by atoms with Gasteiger partial charge in [0, 0.05) is 19.5 Å². The van der Waals surface area contributed by atoms with Crippen LogP contribution in [0.4, 0.5) is 0 Å². The van der Waals surface area contributed by atoms with Crippen LogP contribution in [0.1, 0.15) is 126 Å². The molecule has 432 valence electrons. The van der Waals surface area contributed by atoms with Crippen molar-refractivity contribution in [2.45, 2.75) is 104 Å². The average molecular weight is 1160 g/mol. The molecular formula is C65H85BrN4O10. The van der Waals surface area contributed by atoms with Gasteiger partial charge in [0.15, 0.2) is 0 Å². The minimum Gasteiger partial charge on any atom is -1.00 e. The molecule has 15 heteroatoms. The number of halogens is 1. The first kappa shape index (κ1) is 64.7. The third-order valence-electron chi connectivity index (χ3n) is 17.4. The Balaban J connectivity index is 0.000000287. The lowest BCUT2D eigenvalue weighted by atomic mass is 9.70. The van der Waals surface area contributed by atoms with Crippen LogP contribution in [0.3, 0.4) is 0 Å². The van der Waals surface area contributed by atoms with Crippen molar-refractivity contribution in [1.29, 1.82) is 0 Å². The molecule has 0 bridgehead atoms. The second kappa shape index (κ2) is 29.0. The van der Waals surface area contributed by atoms with Crippen LogP contribution in [0.25, 0.3) is 0 Å². The number of cyclic esters (lactones) is 4. The van der Waals surface area contributed by atoms with Crippen molar-refractivity contribution in [3.8, 4) is 0 Å². The predicted molar refractivity (Wildman–Crippen MR) is 303 cm³/mol. The molecule has 0 N–H and O–H groups in total. The number of carbonyl (C=O) groups is 8. The molecule has 80 heavy (non-hydrogen) atoms. The van der Waals surface area contributed by atoms with Crippen LogP contribution in [0, 0.1) is 47.3 Å². The van der Waals surface area contributed by atoms with Crippen LogP contribution < -0.4 is 17.0 Å². The van der Waals surface area contributed by atoms with Crippen molar-refractivity contribution >= 4 is 47.5 Å². The van der Waals surface area contributed by atoms with Crippen LogP contribution >= 0.6 is 0 Å². The zero-order valence-corrected chi connectivity index (χ0v) is 49.1. The molecule has 12 unspecified atom stereocenters. The van der Waals surface area contributed by atoms with Crippen molar-refractivity contribution in [2.75, 3.05) is 60.9 Å².